The Morgan fingerprint density at radius 2 is 1.43 bits per heavy atom. The van der Waals surface area contributed by atoms with E-state index in [1.807, 2.05) is 12.2 Å². The van der Waals surface area contributed by atoms with Gasteiger partial charge in [-0.3, -0.25) is 0 Å². The highest BCUT2D eigenvalue weighted by Crippen LogP contribution is 2.41. The molecule has 0 heteroatoms. The van der Waals surface area contributed by atoms with Crippen LogP contribution in [0.5, 0.6) is 0 Å². The highest BCUT2D eigenvalue weighted by molar-refractivity contribution is 6.10. The molecule has 3 aromatic rings. The van der Waals surface area contributed by atoms with E-state index in [1.165, 1.54) is 44.2 Å². The summed E-state index contributed by atoms with van der Waals surface area (Å²) in [6.45, 7) is 16.8. The molecule has 0 aliphatic heterocycles. The van der Waals surface area contributed by atoms with Crippen LogP contribution < -0.4 is 0 Å². The predicted octanol–water partition coefficient (Wildman–Crippen LogP) is 9.03. The summed E-state index contributed by atoms with van der Waals surface area (Å²) >= 11 is 0. The minimum atomic E-state index is 1.12. The molecule has 0 amide bonds. The van der Waals surface area contributed by atoms with Gasteiger partial charge in [-0.15, -0.1) is 0 Å². The van der Waals surface area contributed by atoms with Gasteiger partial charge < -0.3 is 0 Å². The lowest BCUT2D eigenvalue weighted by Gasteiger charge is -2.20. The highest BCUT2D eigenvalue weighted by Gasteiger charge is 2.18. The van der Waals surface area contributed by atoms with Crippen LogP contribution in [-0.4, -0.2) is 0 Å². The van der Waals surface area contributed by atoms with Gasteiger partial charge in [0.05, 0.1) is 0 Å². The molecule has 0 N–H and O–H groups in total. The van der Waals surface area contributed by atoms with Crippen LogP contribution in [0.15, 0.2) is 91.6 Å². The molecule has 0 nitrogen and oxygen atoms in total. The topological polar surface area (TPSA) is 0 Å². The summed E-state index contributed by atoms with van der Waals surface area (Å²) in [4.78, 5) is 0. The van der Waals surface area contributed by atoms with E-state index in [0.717, 1.165) is 11.1 Å². The number of rotatable bonds is 6. The summed E-state index contributed by atoms with van der Waals surface area (Å²) in [6, 6.07) is 17.4. The quantitative estimate of drug-likeness (QED) is 0.368. The molecule has 3 aromatic carbocycles. The number of aryl methyl sites for hydroxylation is 1. The van der Waals surface area contributed by atoms with Gasteiger partial charge in [-0.1, -0.05) is 109 Å². The van der Waals surface area contributed by atoms with E-state index >= 15 is 0 Å². The smallest absolute Gasteiger partial charge is 0.00266 e. The van der Waals surface area contributed by atoms with Gasteiger partial charge in [0.1, 0.15) is 0 Å². The van der Waals surface area contributed by atoms with E-state index in [4.69, 9.17) is 0 Å². The second-order valence-electron chi connectivity index (χ2n) is 7.76. The molecule has 0 radical (unpaired) electrons. The number of hydrogen-bond donors (Lipinski definition) is 0. The van der Waals surface area contributed by atoms with Crippen LogP contribution in [0, 0.1) is 6.92 Å². The maximum atomic E-state index is 4.18. The lowest BCUT2D eigenvalue weighted by molar-refractivity contribution is 1.39. The van der Waals surface area contributed by atoms with Crippen LogP contribution in [0.25, 0.3) is 39.6 Å². The van der Waals surface area contributed by atoms with E-state index in [9.17, 15) is 0 Å². The van der Waals surface area contributed by atoms with E-state index in [-0.39, 0.29) is 0 Å². The summed E-state index contributed by atoms with van der Waals surface area (Å²) < 4.78 is 0. The van der Waals surface area contributed by atoms with Gasteiger partial charge in [0.25, 0.3) is 0 Å². The SMILES string of the molecule is C=Cc1c(C=C)c(-c2ccc(C)cc2)c2ccccc2c1C(/C=C\C)=C/C=C(C)C. The fraction of sp³-hybridized carbons (Fsp3) is 0.133. The number of allylic oxidation sites excluding steroid dienone is 6. The van der Waals surface area contributed by atoms with Gasteiger partial charge in [0.15, 0.2) is 0 Å². The summed E-state index contributed by atoms with van der Waals surface area (Å²) in [5.41, 5.74) is 9.53. The van der Waals surface area contributed by atoms with Crippen LogP contribution in [0.2, 0.25) is 0 Å². The minimum absolute atomic E-state index is 1.12. The molecule has 0 aromatic heterocycles. The average Bonchev–Trinajstić information content (AvgIpc) is 2.75. The predicted molar refractivity (Wildman–Crippen MR) is 137 cm³/mol. The molecule has 150 valence electrons. The van der Waals surface area contributed by atoms with E-state index < -0.39 is 0 Å². The van der Waals surface area contributed by atoms with Crippen LogP contribution in [0.1, 0.15) is 43.0 Å². The van der Waals surface area contributed by atoms with Crippen molar-refractivity contribution in [2.24, 2.45) is 0 Å². The van der Waals surface area contributed by atoms with Gasteiger partial charge in [0, 0.05) is 0 Å². The van der Waals surface area contributed by atoms with E-state index in [0.29, 0.717) is 0 Å². The number of hydrogen-bond acceptors (Lipinski definition) is 0. The molecule has 0 fully saturated rings. The first kappa shape index (κ1) is 21.3. The van der Waals surface area contributed by atoms with E-state index in [1.54, 1.807) is 0 Å². The summed E-state index contributed by atoms with van der Waals surface area (Å²) in [6.07, 6.45) is 12.6. The third-order valence-electron chi connectivity index (χ3n) is 5.27. The molecule has 0 aliphatic carbocycles. The van der Waals surface area contributed by atoms with Gasteiger partial charge in [-0.25, -0.2) is 0 Å². The minimum Gasteiger partial charge on any atom is -0.0984 e. The van der Waals surface area contributed by atoms with Crippen molar-refractivity contribution in [3.8, 4) is 11.1 Å². The van der Waals surface area contributed by atoms with Gasteiger partial charge in [0.2, 0.25) is 0 Å². The fourth-order valence-corrected chi connectivity index (χ4v) is 3.90. The van der Waals surface area contributed by atoms with Crippen LogP contribution in [0.3, 0.4) is 0 Å². The summed E-state index contributed by atoms with van der Waals surface area (Å²) in [5.74, 6) is 0. The maximum Gasteiger partial charge on any atom is -0.00266 e. The zero-order valence-corrected chi connectivity index (χ0v) is 18.5. The summed E-state index contributed by atoms with van der Waals surface area (Å²) in [7, 11) is 0. The van der Waals surface area contributed by atoms with Crippen molar-refractivity contribution in [3.05, 3.63) is 114 Å². The Kier molecular flexibility index (Phi) is 6.69. The highest BCUT2D eigenvalue weighted by atomic mass is 14.2. The molecular formula is C30H30. The normalized spacial score (nSPS) is 11.7. The second-order valence-corrected chi connectivity index (χ2v) is 7.76. The second kappa shape index (κ2) is 9.41. The Bertz CT molecular complexity index is 1170. The molecule has 3 rings (SSSR count). The molecule has 0 unspecified atom stereocenters. The molecule has 0 bridgehead atoms. The van der Waals surface area contributed by atoms with Crippen molar-refractivity contribution in [1.82, 2.24) is 0 Å². The van der Waals surface area contributed by atoms with Crippen molar-refractivity contribution in [2.45, 2.75) is 27.7 Å². The van der Waals surface area contributed by atoms with Gasteiger partial charge >= 0.3 is 0 Å². The zero-order chi connectivity index (χ0) is 21.7. The van der Waals surface area contributed by atoms with Gasteiger partial charge in [-0.05, 0) is 71.9 Å². The molecule has 0 aliphatic rings. The first-order valence-corrected chi connectivity index (χ1v) is 10.4. The van der Waals surface area contributed by atoms with Crippen molar-refractivity contribution in [3.63, 3.8) is 0 Å². The van der Waals surface area contributed by atoms with Crippen LogP contribution >= 0.6 is 0 Å². The molecule has 30 heavy (non-hydrogen) atoms. The van der Waals surface area contributed by atoms with Crippen molar-refractivity contribution >= 4 is 28.5 Å². The Morgan fingerprint density at radius 1 is 0.800 bits per heavy atom. The molecule has 0 atom stereocenters. The Hall–Kier alpha value is -3.38. The number of benzene rings is 3. The Labute approximate surface area is 181 Å². The first-order valence-electron chi connectivity index (χ1n) is 10.4. The van der Waals surface area contributed by atoms with Crippen molar-refractivity contribution in [1.29, 1.82) is 0 Å². The van der Waals surface area contributed by atoms with Crippen LogP contribution in [-0.2, 0) is 0 Å². The van der Waals surface area contributed by atoms with Gasteiger partial charge in [-0.2, -0.15) is 0 Å². The largest absolute Gasteiger partial charge is 0.0984 e. The van der Waals surface area contributed by atoms with Crippen molar-refractivity contribution < 1.29 is 0 Å². The third kappa shape index (κ3) is 4.14. The maximum absolute atomic E-state index is 4.18. The first-order chi connectivity index (χ1) is 14.5. The molecular weight excluding hydrogens is 360 g/mol. The fourth-order valence-electron chi connectivity index (χ4n) is 3.90. The van der Waals surface area contributed by atoms with Crippen molar-refractivity contribution in [2.75, 3.05) is 0 Å². The lowest BCUT2D eigenvalue weighted by Crippen LogP contribution is -1.98. The molecule has 0 saturated heterocycles. The lowest BCUT2D eigenvalue weighted by atomic mass is 9.83. The third-order valence-corrected chi connectivity index (χ3v) is 5.27. The van der Waals surface area contributed by atoms with Crippen LogP contribution in [0.4, 0.5) is 0 Å². The monoisotopic (exact) mass is 390 g/mol. The molecule has 0 saturated carbocycles. The zero-order valence-electron chi connectivity index (χ0n) is 18.5. The Balaban J connectivity index is 2.52. The molecule has 0 heterocycles. The molecule has 0 spiro atoms. The Morgan fingerprint density at radius 3 is 2.00 bits per heavy atom. The number of fused-ring (bicyclic) bond motifs is 1. The standard InChI is InChI=1S/C30H30/c1-7-12-23(18-15-21(4)5)29-25(8-2)26(9-3)30(24-19-16-22(6)17-20-24)28-14-11-10-13-27(28)29/h7-20H,2-3H2,1,4-6H3/b12-7-,23-18+. The average molecular weight is 391 g/mol. The van der Waals surface area contributed by atoms with E-state index in [2.05, 4.69) is 114 Å². The summed E-state index contributed by atoms with van der Waals surface area (Å²) in [5, 5.41) is 2.45.